The molecule has 0 saturated carbocycles. The summed E-state index contributed by atoms with van der Waals surface area (Å²) >= 11 is 3.10. The molecule has 1 aliphatic rings. The van der Waals surface area contributed by atoms with Gasteiger partial charge in [0.15, 0.2) is 0 Å². The van der Waals surface area contributed by atoms with Crippen molar-refractivity contribution in [1.82, 2.24) is 5.32 Å². The van der Waals surface area contributed by atoms with Crippen molar-refractivity contribution in [1.29, 1.82) is 0 Å². The molecule has 0 aliphatic carbocycles. The van der Waals surface area contributed by atoms with Crippen molar-refractivity contribution in [3.63, 3.8) is 0 Å². The van der Waals surface area contributed by atoms with Crippen molar-refractivity contribution >= 4 is 33.4 Å². The van der Waals surface area contributed by atoms with Crippen molar-refractivity contribution in [2.24, 2.45) is 0 Å². The Hall–Kier alpha value is -1.43. The molecule has 6 heteroatoms. The molecule has 0 spiro atoms. The van der Waals surface area contributed by atoms with Gasteiger partial charge in [-0.3, -0.25) is 9.59 Å². The summed E-state index contributed by atoms with van der Waals surface area (Å²) in [7, 11) is 0. The third kappa shape index (κ3) is 2.49. The average Bonchev–Trinajstić information content (AvgIpc) is 2.28. The van der Waals surface area contributed by atoms with Crippen LogP contribution in [-0.2, 0) is 9.59 Å². The predicted octanol–water partition coefficient (Wildman–Crippen LogP) is 2.14. The summed E-state index contributed by atoms with van der Waals surface area (Å²) in [4.78, 5) is 25.4. The van der Waals surface area contributed by atoms with E-state index in [4.69, 9.17) is 0 Å². The van der Waals surface area contributed by atoms with Crippen molar-refractivity contribution in [2.45, 2.75) is 26.3 Å². The van der Waals surface area contributed by atoms with Gasteiger partial charge in [-0.05, 0) is 54.4 Å². The maximum Gasteiger partial charge on any atom is 0.252 e. The highest BCUT2D eigenvalue weighted by atomic mass is 79.9. The maximum absolute atomic E-state index is 13.4. The fraction of sp³-hybridized carbons (Fsp3) is 0.385. The molecule has 0 radical (unpaired) electrons. The summed E-state index contributed by atoms with van der Waals surface area (Å²) in [6.07, 6.45) is 0. The molecule has 0 bridgehead atoms. The molecule has 1 aromatic rings. The minimum atomic E-state index is -0.956. The van der Waals surface area contributed by atoms with E-state index in [0.29, 0.717) is 11.3 Å². The van der Waals surface area contributed by atoms with E-state index < -0.39 is 11.4 Å². The average molecular weight is 329 g/mol. The van der Waals surface area contributed by atoms with Gasteiger partial charge in [0.25, 0.3) is 5.91 Å². The minimum Gasteiger partial charge on any atom is -0.341 e. The third-order valence-electron chi connectivity index (χ3n) is 3.06. The number of halogens is 2. The smallest absolute Gasteiger partial charge is 0.252 e. The van der Waals surface area contributed by atoms with Crippen LogP contribution in [0.3, 0.4) is 0 Å². The fourth-order valence-corrected chi connectivity index (χ4v) is 2.45. The van der Waals surface area contributed by atoms with E-state index in [1.165, 1.54) is 17.0 Å². The van der Waals surface area contributed by atoms with Gasteiger partial charge >= 0.3 is 0 Å². The molecule has 102 valence electrons. The van der Waals surface area contributed by atoms with Gasteiger partial charge < -0.3 is 10.2 Å². The van der Waals surface area contributed by atoms with Crippen LogP contribution in [0.25, 0.3) is 0 Å². The largest absolute Gasteiger partial charge is 0.341 e. The van der Waals surface area contributed by atoms with Gasteiger partial charge in [0.2, 0.25) is 5.91 Å². The third-order valence-corrected chi connectivity index (χ3v) is 3.67. The van der Waals surface area contributed by atoms with Gasteiger partial charge in [0.05, 0.1) is 4.47 Å². The number of anilines is 1. The Kier molecular flexibility index (Phi) is 3.38. The molecule has 0 unspecified atom stereocenters. The molecule has 4 nitrogen and oxygen atoms in total. The van der Waals surface area contributed by atoms with Gasteiger partial charge in [-0.15, -0.1) is 0 Å². The minimum absolute atomic E-state index is 0.0544. The maximum atomic E-state index is 13.4. The Balaban J connectivity index is 2.49. The van der Waals surface area contributed by atoms with Crippen LogP contribution in [0.1, 0.15) is 19.4 Å². The monoisotopic (exact) mass is 328 g/mol. The number of carbonyl (C=O) groups is 2. The molecule has 0 atom stereocenters. The van der Waals surface area contributed by atoms with Gasteiger partial charge in [0.1, 0.15) is 17.9 Å². The zero-order chi connectivity index (χ0) is 14.4. The summed E-state index contributed by atoms with van der Waals surface area (Å²) in [5.74, 6) is -0.840. The van der Waals surface area contributed by atoms with Gasteiger partial charge in [-0.2, -0.15) is 0 Å². The molecule has 19 heavy (non-hydrogen) atoms. The summed E-state index contributed by atoms with van der Waals surface area (Å²) < 4.78 is 13.7. The molecule has 1 aliphatic heterocycles. The zero-order valence-electron chi connectivity index (χ0n) is 10.9. The normalized spacial score (nSPS) is 18.5. The highest BCUT2D eigenvalue weighted by molar-refractivity contribution is 9.10. The lowest BCUT2D eigenvalue weighted by molar-refractivity contribution is -0.134. The number of nitrogens with one attached hydrogen (secondary N) is 1. The lowest BCUT2D eigenvalue weighted by Gasteiger charge is -2.38. The predicted molar refractivity (Wildman–Crippen MR) is 73.4 cm³/mol. The van der Waals surface area contributed by atoms with Crippen LogP contribution in [0.15, 0.2) is 16.6 Å². The lowest BCUT2D eigenvalue weighted by atomic mass is 9.99. The van der Waals surface area contributed by atoms with Crippen LogP contribution in [-0.4, -0.2) is 23.9 Å². The van der Waals surface area contributed by atoms with E-state index in [9.17, 15) is 14.0 Å². The zero-order valence-corrected chi connectivity index (χ0v) is 12.5. The van der Waals surface area contributed by atoms with Crippen LogP contribution in [0.2, 0.25) is 0 Å². The van der Waals surface area contributed by atoms with Crippen molar-refractivity contribution in [2.75, 3.05) is 11.4 Å². The summed E-state index contributed by atoms with van der Waals surface area (Å²) in [6, 6.07) is 2.86. The number of hydrogen-bond acceptors (Lipinski definition) is 2. The van der Waals surface area contributed by atoms with Crippen molar-refractivity contribution < 1.29 is 14.0 Å². The topological polar surface area (TPSA) is 49.4 Å². The standard InChI is InChI=1S/C13H14BrFN2O2/c1-7-4-9(15)8(14)5-10(7)17-6-11(18)16-13(2,3)12(17)19/h4-5H,6H2,1-3H3,(H,16,18). The Morgan fingerprint density at radius 2 is 2.00 bits per heavy atom. The van der Waals surface area contributed by atoms with Crippen LogP contribution >= 0.6 is 15.9 Å². The van der Waals surface area contributed by atoms with E-state index in [-0.39, 0.29) is 22.8 Å². The summed E-state index contributed by atoms with van der Waals surface area (Å²) in [6.45, 7) is 4.94. The second-order valence-electron chi connectivity index (χ2n) is 5.12. The number of rotatable bonds is 1. The molecule has 2 rings (SSSR count). The van der Waals surface area contributed by atoms with Crippen molar-refractivity contribution in [3.8, 4) is 0 Å². The first-order chi connectivity index (χ1) is 8.72. The highest BCUT2D eigenvalue weighted by Gasteiger charge is 2.40. The number of nitrogens with zero attached hydrogens (tertiary/aromatic N) is 1. The van der Waals surface area contributed by atoms with Crippen molar-refractivity contribution in [3.05, 3.63) is 28.0 Å². The second kappa shape index (κ2) is 4.59. The molecule has 1 aromatic carbocycles. The lowest BCUT2D eigenvalue weighted by Crippen LogP contribution is -2.64. The Morgan fingerprint density at radius 1 is 1.37 bits per heavy atom. The van der Waals surface area contributed by atoms with Crippen LogP contribution in [0, 0.1) is 12.7 Å². The van der Waals surface area contributed by atoms with E-state index in [1.807, 2.05) is 0 Å². The fourth-order valence-electron chi connectivity index (χ4n) is 2.12. The highest BCUT2D eigenvalue weighted by Crippen LogP contribution is 2.29. The number of hydrogen-bond donors (Lipinski definition) is 1. The van der Waals surface area contributed by atoms with Crippen LogP contribution in [0.4, 0.5) is 10.1 Å². The van der Waals surface area contributed by atoms with Crippen LogP contribution < -0.4 is 10.2 Å². The Labute approximate surface area is 119 Å². The van der Waals surface area contributed by atoms with E-state index >= 15 is 0 Å². The van der Waals surface area contributed by atoms with Gasteiger partial charge in [0, 0.05) is 5.69 Å². The first-order valence-electron chi connectivity index (χ1n) is 5.81. The molecule has 1 saturated heterocycles. The Morgan fingerprint density at radius 3 is 2.63 bits per heavy atom. The van der Waals surface area contributed by atoms with Crippen LogP contribution in [0.5, 0.6) is 0 Å². The first-order valence-corrected chi connectivity index (χ1v) is 6.60. The second-order valence-corrected chi connectivity index (χ2v) is 5.97. The summed E-state index contributed by atoms with van der Waals surface area (Å²) in [5, 5.41) is 2.63. The molecule has 1 heterocycles. The van der Waals surface area contributed by atoms with E-state index in [0.717, 1.165) is 0 Å². The molecule has 1 fully saturated rings. The number of benzene rings is 1. The molecule has 1 N–H and O–H groups in total. The molecule has 0 aromatic heterocycles. The molecule has 2 amide bonds. The Bertz CT molecular complexity index is 572. The molecular weight excluding hydrogens is 315 g/mol. The number of carbonyl (C=O) groups excluding carboxylic acids is 2. The summed E-state index contributed by atoms with van der Waals surface area (Å²) in [5.41, 5.74) is 0.198. The van der Waals surface area contributed by atoms with Gasteiger partial charge in [-0.25, -0.2) is 4.39 Å². The van der Waals surface area contributed by atoms with E-state index in [1.54, 1.807) is 20.8 Å². The quantitative estimate of drug-likeness (QED) is 0.858. The number of amides is 2. The SMILES string of the molecule is Cc1cc(F)c(Br)cc1N1CC(=O)NC(C)(C)C1=O. The first kappa shape index (κ1) is 14.0. The van der Waals surface area contributed by atoms with Gasteiger partial charge in [-0.1, -0.05) is 0 Å². The molecular formula is C13H14BrFN2O2. The number of piperazine rings is 1. The van der Waals surface area contributed by atoms with E-state index in [2.05, 4.69) is 21.2 Å². The number of aryl methyl sites for hydroxylation is 1.